The minimum atomic E-state index is -0.0669. The Morgan fingerprint density at radius 3 is 2.29 bits per heavy atom. The summed E-state index contributed by atoms with van der Waals surface area (Å²) in [5.41, 5.74) is 4.37. The third kappa shape index (κ3) is 4.23. The molecular formula is C31H21ClN2O. The number of anilines is 1. The van der Waals surface area contributed by atoms with Crippen molar-refractivity contribution in [3.63, 3.8) is 0 Å². The van der Waals surface area contributed by atoms with Crippen LogP contribution in [0.4, 0.5) is 5.69 Å². The van der Waals surface area contributed by atoms with Gasteiger partial charge in [0.25, 0.3) is 0 Å². The Kier molecular flexibility index (Phi) is 5.40. The highest BCUT2D eigenvalue weighted by molar-refractivity contribution is 6.30. The number of benzene rings is 5. The van der Waals surface area contributed by atoms with Crippen LogP contribution in [0.25, 0.3) is 43.7 Å². The fourth-order valence-electron chi connectivity index (χ4n) is 4.64. The van der Waals surface area contributed by atoms with E-state index >= 15 is 0 Å². The van der Waals surface area contributed by atoms with Gasteiger partial charge in [-0.25, -0.2) is 4.98 Å². The SMILES string of the molecule is O=C(Cc1cc(-c2ccc(Cl)cc2)nc2ccc3ccccc3c12)Nc1ccc2ccccc2c1. The highest BCUT2D eigenvalue weighted by atomic mass is 35.5. The second-order valence-electron chi connectivity index (χ2n) is 8.64. The molecule has 0 radical (unpaired) electrons. The smallest absolute Gasteiger partial charge is 0.228 e. The van der Waals surface area contributed by atoms with E-state index in [-0.39, 0.29) is 12.3 Å². The molecule has 0 bridgehead atoms. The molecule has 0 atom stereocenters. The molecule has 3 nitrogen and oxygen atoms in total. The van der Waals surface area contributed by atoms with Crippen LogP contribution < -0.4 is 5.32 Å². The number of nitrogens with one attached hydrogen (secondary N) is 1. The number of carbonyl (C=O) groups is 1. The van der Waals surface area contributed by atoms with Crippen LogP contribution in [0.3, 0.4) is 0 Å². The Balaban J connectivity index is 1.43. The first-order chi connectivity index (χ1) is 17.1. The molecule has 35 heavy (non-hydrogen) atoms. The van der Waals surface area contributed by atoms with Crippen molar-refractivity contribution in [1.82, 2.24) is 4.98 Å². The maximum Gasteiger partial charge on any atom is 0.228 e. The number of hydrogen-bond donors (Lipinski definition) is 1. The molecule has 0 saturated heterocycles. The van der Waals surface area contributed by atoms with Crippen molar-refractivity contribution >= 4 is 55.6 Å². The van der Waals surface area contributed by atoms with E-state index in [4.69, 9.17) is 16.6 Å². The van der Waals surface area contributed by atoms with Crippen LogP contribution >= 0.6 is 11.6 Å². The van der Waals surface area contributed by atoms with E-state index in [1.165, 1.54) is 0 Å². The number of hydrogen-bond acceptors (Lipinski definition) is 2. The summed E-state index contributed by atoms with van der Waals surface area (Å²) in [4.78, 5) is 18.2. The number of amides is 1. The zero-order valence-electron chi connectivity index (χ0n) is 18.8. The summed E-state index contributed by atoms with van der Waals surface area (Å²) < 4.78 is 0. The molecule has 0 saturated carbocycles. The quantitative estimate of drug-likeness (QED) is 0.264. The lowest BCUT2D eigenvalue weighted by molar-refractivity contribution is -0.115. The third-order valence-electron chi connectivity index (χ3n) is 6.30. The van der Waals surface area contributed by atoms with Crippen LogP contribution in [0.15, 0.2) is 109 Å². The van der Waals surface area contributed by atoms with Gasteiger partial charge in [-0.2, -0.15) is 0 Å². The Morgan fingerprint density at radius 1 is 0.743 bits per heavy atom. The van der Waals surface area contributed by atoms with Crippen LogP contribution in [0.2, 0.25) is 5.02 Å². The fourth-order valence-corrected chi connectivity index (χ4v) is 4.77. The van der Waals surface area contributed by atoms with Crippen LogP contribution in [0.1, 0.15) is 5.56 Å². The first kappa shape index (κ1) is 21.3. The summed E-state index contributed by atoms with van der Waals surface area (Å²) >= 11 is 6.10. The Hall–Kier alpha value is -4.21. The molecule has 0 spiro atoms. The lowest BCUT2D eigenvalue weighted by Crippen LogP contribution is -2.15. The monoisotopic (exact) mass is 472 g/mol. The van der Waals surface area contributed by atoms with Crippen molar-refractivity contribution in [3.8, 4) is 11.3 Å². The summed E-state index contributed by atoms with van der Waals surface area (Å²) in [6, 6.07) is 36.1. The lowest BCUT2D eigenvalue weighted by Gasteiger charge is -2.13. The molecule has 4 heteroatoms. The van der Waals surface area contributed by atoms with Gasteiger partial charge in [0, 0.05) is 21.7 Å². The number of rotatable bonds is 4. The van der Waals surface area contributed by atoms with Crippen molar-refractivity contribution in [1.29, 1.82) is 0 Å². The molecule has 1 aromatic heterocycles. The van der Waals surface area contributed by atoms with E-state index in [2.05, 4.69) is 29.6 Å². The fraction of sp³-hybridized carbons (Fsp3) is 0.0323. The van der Waals surface area contributed by atoms with Crippen LogP contribution in [-0.2, 0) is 11.2 Å². The first-order valence-electron chi connectivity index (χ1n) is 11.5. The Bertz CT molecular complexity index is 1720. The third-order valence-corrected chi connectivity index (χ3v) is 6.56. The summed E-state index contributed by atoms with van der Waals surface area (Å²) in [6.07, 6.45) is 0.237. The molecule has 0 aliphatic rings. The van der Waals surface area contributed by atoms with Gasteiger partial charge in [0.15, 0.2) is 0 Å². The highest BCUT2D eigenvalue weighted by Crippen LogP contribution is 2.32. The van der Waals surface area contributed by atoms with Crippen LogP contribution in [0, 0.1) is 0 Å². The van der Waals surface area contributed by atoms with Gasteiger partial charge < -0.3 is 5.32 Å². The molecular weight excluding hydrogens is 452 g/mol. The summed E-state index contributed by atoms with van der Waals surface area (Å²) in [5.74, 6) is -0.0669. The Labute approximate surface area is 208 Å². The minimum Gasteiger partial charge on any atom is -0.326 e. The largest absolute Gasteiger partial charge is 0.326 e. The molecule has 168 valence electrons. The van der Waals surface area contributed by atoms with E-state index in [0.717, 1.165) is 55.0 Å². The lowest BCUT2D eigenvalue weighted by atomic mass is 9.97. The van der Waals surface area contributed by atoms with E-state index < -0.39 is 0 Å². The van der Waals surface area contributed by atoms with E-state index in [9.17, 15) is 4.79 Å². The molecule has 5 aromatic carbocycles. The van der Waals surface area contributed by atoms with Gasteiger partial charge in [0.2, 0.25) is 5.91 Å². The molecule has 1 amide bonds. The average Bonchev–Trinajstić information content (AvgIpc) is 2.88. The minimum absolute atomic E-state index is 0.0669. The molecule has 6 aromatic rings. The van der Waals surface area contributed by atoms with Crippen molar-refractivity contribution in [2.75, 3.05) is 5.32 Å². The molecule has 1 N–H and O–H groups in total. The molecule has 0 aliphatic carbocycles. The average molecular weight is 473 g/mol. The van der Waals surface area contributed by atoms with Gasteiger partial charge in [-0.1, -0.05) is 84.4 Å². The zero-order valence-corrected chi connectivity index (χ0v) is 19.6. The van der Waals surface area contributed by atoms with Gasteiger partial charge in [0.1, 0.15) is 0 Å². The van der Waals surface area contributed by atoms with Crippen LogP contribution in [-0.4, -0.2) is 10.9 Å². The number of nitrogens with zero attached hydrogens (tertiary/aromatic N) is 1. The van der Waals surface area contributed by atoms with E-state index in [1.54, 1.807) is 0 Å². The predicted molar refractivity (Wildman–Crippen MR) is 146 cm³/mol. The summed E-state index contributed by atoms with van der Waals surface area (Å²) in [5, 5.41) is 9.22. The molecule has 6 rings (SSSR count). The van der Waals surface area contributed by atoms with Crippen LogP contribution in [0.5, 0.6) is 0 Å². The summed E-state index contributed by atoms with van der Waals surface area (Å²) in [7, 11) is 0. The standard InChI is InChI=1S/C31H21ClN2O/c32-25-13-9-22(10-14-25)29-18-24(31-27-8-4-3-6-21(27)12-16-28(31)34-29)19-30(35)33-26-15-11-20-5-1-2-7-23(20)17-26/h1-18H,19H2,(H,33,35). The van der Waals surface area contributed by atoms with Crippen molar-refractivity contribution in [2.24, 2.45) is 0 Å². The van der Waals surface area contributed by atoms with E-state index in [0.29, 0.717) is 5.02 Å². The maximum absolute atomic E-state index is 13.2. The number of carbonyl (C=O) groups excluding carboxylic acids is 1. The molecule has 0 aliphatic heterocycles. The Morgan fingerprint density at radius 2 is 1.46 bits per heavy atom. The second kappa shape index (κ2) is 8.86. The van der Waals surface area contributed by atoms with Gasteiger partial charge >= 0.3 is 0 Å². The maximum atomic E-state index is 13.2. The van der Waals surface area contributed by atoms with E-state index in [1.807, 2.05) is 84.9 Å². The summed E-state index contributed by atoms with van der Waals surface area (Å²) in [6.45, 7) is 0. The number of aromatic nitrogens is 1. The predicted octanol–water partition coefficient (Wildman–Crippen LogP) is 8.04. The normalized spacial score (nSPS) is 11.2. The number of halogens is 1. The van der Waals surface area contributed by atoms with Gasteiger partial charge in [0.05, 0.1) is 17.6 Å². The topological polar surface area (TPSA) is 42.0 Å². The molecule has 0 unspecified atom stereocenters. The second-order valence-corrected chi connectivity index (χ2v) is 9.08. The highest BCUT2D eigenvalue weighted by Gasteiger charge is 2.14. The van der Waals surface area contributed by atoms with Crippen molar-refractivity contribution in [2.45, 2.75) is 6.42 Å². The van der Waals surface area contributed by atoms with Gasteiger partial charge in [-0.3, -0.25) is 4.79 Å². The van der Waals surface area contributed by atoms with Crippen molar-refractivity contribution in [3.05, 3.63) is 120 Å². The first-order valence-corrected chi connectivity index (χ1v) is 11.9. The molecule has 0 fully saturated rings. The van der Waals surface area contributed by atoms with Gasteiger partial charge in [-0.15, -0.1) is 0 Å². The number of pyridine rings is 1. The molecule has 1 heterocycles. The van der Waals surface area contributed by atoms with Crippen molar-refractivity contribution < 1.29 is 4.79 Å². The van der Waals surface area contributed by atoms with Gasteiger partial charge in [-0.05, 0) is 63.5 Å². The number of fused-ring (bicyclic) bond motifs is 4. The zero-order chi connectivity index (χ0) is 23.8.